The molecule has 2 aromatic heterocycles. The minimum absolute atomic E-state index is 0.0803. The van der Waals surface area contributed by atoms with Crippen molar-refractivity contribution in [2.24, 2.45) is 0 Å². The molecule has 4 nitrogen and oxygen atoms in total. The third-order valence-corrected chi connectivity index (χ3v) is 12.4. The Kier molecular flexibility index (Phi) is 5.64. The number of nitrogens with zero attached hydrogens (tertiary/aromatic N) is 2. The lowest BCUT2D eigenvalue weighted by Gasteiger charge is -2.44. The molecule has 0 unspecified atom stereocenters. The summed E-state index contributed by atoms with van der Waals surface area (Å²) in [4.78, 5) is 16.3. The van der Waals surface area contributed by atoms with Gasteiger partial charge in [-0.3, -0.25) is 0 Å². The second-order valence-electron chi connectivity index (χ2n) is 7.35. The molecule has 0 saturated heterocycles. The first-order valence-electron chi connectivity index (χ1n) is 8.55. The van der Waals surface area contributed by atoms with E-state index in [-0.39, 0.29) is 10.7 Å². The van der Waals surface area contributed by atoms with Crippen LogP contribution in [0.2, 0.25) is 21.6 Å². The molecule has 0 amide bonds. The molecule has 0 aromatic carbocycles. The molecule has 0 saturated carbocycles. The average molecular weight is 385 g/mol. The number of hydrogen-bond donors (Lipinski definition) is 0. The summed E-state index contributed by atoms with van der Waals surface area (Å²) in [7, 11) is -0.899. The van der Waals surface area contributed by atoms with E-state index in [2.05, 4.69) is 55.5 Å². The van der Waals surface area contributed by atoms with Crippen molar-refractivity contribution in [1.29, 1.82) is 0 Å². The lowest BCUT2D eigenvalue weighted by molar-refractivity contribution is 0.0588. The first kappa shape index (κ1) is 19.9. The van der Waals surface area contributed by atoms with Crippen LogP contribution in [0.15, 0.2) is 12.3 Å². The molecule has 2 rings (SSSR count). The number of fused-ring (bicyclic) bond motifs is 1. The highest BCUT2D eigenvalue weighted by atomic mass is 35.5. The summed E-state index contributed by atoms with van der Waals surface area (Å²) in [5, 5.41) is 0.453. The molecular formula is C18H26ClFN2O2Si. The summed E-state index contributed by atoms with van der Waals surface area (Å²) >= 11 is 6.21. The summed E-state index contributed by atoms with van der Waals surface area (Å²) < 4.78 is 21.3. The van der Waals surface area contributed by atoms with Gasteiger partial charge in [-0.25, -0.2) is 14.2 Å². The minimum atomic E-state index is -2.10. The molecule has 0 radical (unpaired) electrons. The predicted molar refractivity (Wildman–Crippen MR) is 102 cm³/mol. The molecule has 0 fully saturated rings. The summed E-state index contributed by atoms with van der Waals surface area (Å²) in [5.41, 5.74) is 1.48. The van der Waals surface area contributed by atoms with Crippen molar-refractivity contribution >= 4 is 36.8 Å². The number of carbonyl (C=O) groups is 1. The molecule has 7 heteroatoms. The molecule has 0 aliphatic carbocycles. The van der Waals surface area contributed by atoms with E-state index in [4.69, 9.17) is 11.6 Å². The number of ether oxygens (including phenoxy) is 1. The molecule has 0 N–H and O–H groups in total. The van der Waals surface area contributed by atoms with Crippen molar-refractivity contribution < 1.29 is 13.9 Å². The molecule has 2 aromatic rings. The van der Waals surface area contributed by atoms with E-state index in [0.717, 1.165) is 0 Å². The van der Waals surface area contributed by atoms with Gasteiger partial charge in [0.2, 0.25) is 0 Å². The Morgan fingerprint density at radius 2 is 1.72 bits per heavy atom. The zero-order valence-electron chi connectivity index (χ0n) is 15.9. The van der Waals surface area contributed by atoms with Gasteiger partial charge in [0.25, 0.3) is 0 Å². The standard InChI is InChI=1S/C18H26ClFN2O2Si/c1-10(2)25(11(3)4,12(5)6)22-9-8-13-14(19)15(20)16(18(23)24-7)21-17(13)22/h8-12H,1-7H3. The van der Waals surface area contributed by atoms with Gasteiger partial charge in [0, 0.05) is 5.39 Å². The van der Waals surface area contributed by atoms with E-state index in [1.54, 1.807) is 6.07 Å². The molecule has 0 bridgehead atoms. The Hall–Kier alpha value is -1.40. The van der Waals surface area contributed by atoms with Gasteiger partial charge >= 0.3 is 5.97 Å². The second kappa shape index (κ2) is 7.07. The van der Waals surface area contributed by atoms with Crippen molar-refractivity contribution in [3.8, 4) is 0 Å². The number of aromatic nitrogens is 2. The Balaban J connectivity index is 2.91. The number of pyridine rings is 1. The van der Waals surface area contributed by atoms with Crippen molar-refractivity contribution in [3.05, 3.63) is 28.8 Å². The van der Waals surface area contributed by atoms with Crippen molar-refractivity contribution in [2.75, 3.05) is 7.11 Å². The highest BCUT2D eigenvalue weighted by molar-refractivity contribution is 6.82. The molecule has 25 heavy (non-hydrogen) atoms. The second-order valence-corrected chi connectivity index (χ2v) is 13.5. The fourth-order valence-corrected chi connectivity index (χ4v) is 11.2. The maximum Gasteiger partial charge on any atom is 0.359 e. The van der Waals surface area contributed by atoms with Crippen molar-refractivity contribution in [1.82, 2.24) is 9.22 Å². The lowest BCUT2D eigenvalue weighted by atomic mass is 10.3. The monoisotopic (exact) mass is 384 g/mol. The van der Waals surface area contributed by atoms with Crippen LogP contribution in [0.25, 0.3) is 11.0 Å². The van der Waals surface area contributed by atoms with Gasteiger partial charge < -0.3 is 8.97 Å². The third-order valence-electron chi connectivity index (χ3n) is 5.28. The van der Waals surface area contributed by atoms with Gasteiger partial charge in [-0.05, 0) is 28.9 Å². The van der Waals surface area contributed by atoms with Crippen LogP contribution in [-0.4, -0.2) is 30.5 Å². The van der Waals surface area contributed by atoms with Crippen molar-refractivity contribution in [2.45, 2.75) is 58.2 Å². The topological polar surface area (TPSA) is 44.1 Å². The van der Waals surface area contributed by atoms with Crippen molar-refractivity contribution in [3.63, 3.8) is 0 Å². The van der Waals surface area contributed by atoms with Crippen LogP contribution in [0.1, 0.15) is 52.0 Å². The summed E-state index contributed by atoms with van der Waals surface area (Å²) in [6.07, 6.45) is 1.95. The summed E-state index contributed by atoms with van der Waals surface area (Å²) in [6.45, 7) is 13.4. The Labute approximate surface area is 154 Å². The number of halogens is 2. The first-order chi connectivity index (χ1) is 11.6. The van der Waals surface area contributed by atoms with E-state index < -0.39 is 20.0 Å². The molecule has 0 aliphatic heterocycles. The fraction of sp³-hybridized carbons (Fsp3) is 0.556. The largest absolute Gasteiger partial charge is 0.464 e. The SMILES string of the molecule is COC(=O)c1nc2c(ccn2[Si](C(C)C)(C(C)C)C(C)C)c(Cl)c1F. The number of rotatable bonds is 5. The first-order valence-corrected chi connectivity index (χ1v) is 11.1. The van der Waals surface area contributed by atoms with Crippen LogP contribution >= 0.6 is 11.6 Å². The van der Waals surface area contributed by atoms with E-state index in [1.165, 1.54) is 7.11 Å². The zero-order chi connectivity index (χ0) is 19.1. The fourth-order valence-electron chi connectivity index (χ4n) is 4.47. The molecule has 0 atom stereocenters. The van der Waals surface area contributed by atoms with Crippen LogP contribution in [0.5, 0.6) is 0 Å². The maximum absolute atomic E-state index is 14.5. The predicted octanol–water partition coefficient (Wildman–Crippen LogP) is 5.64. The van der Waals surface area contributed by atoms with Gasteiger partial charge in [-0.2, -0.15) is 0 Å². The highest BCUT2D eigenvalue weighted by Gasteiger charge is 2.46. The van der Waals surface area contributed by atoms with Crippen LogP contribution < -0.4 is 0 Å². The normalized spacial score (nSPS) is 12.6. The Bertz CT molecular complexity index is 780. The van der Waals surface area contributed by atoms with Crippen LogP contribution in [0.4, 0.5) is 4.39 Å². The number of esters is 1. The highest BCUT2D eigenvalue weighted by Crippen LogP contribution is 2.44. The lowest BCUT2D eigenvalue weighted by Crippen LogP contribution is -2.51. The van der Waals surface area contributed by atoms with Crippen LogP contribution in [-0.2, 0) is 4.74 Å². The average Bonchev–Trinajstić information content (AvgIpc) is 2.94. The Morgan fingerprint density at radius 3 is 2.16 bits per heavy atom. The van der Waals surface area contributed by atoms with Gasteiger partial charge in [-0.15, -0.1) is 0 Å². The Morgan fingerprint density at radius 1 is 1.20 bits per heavy atom. The third kappa shape index (κ3) is 2.89. The molecule has 0 spiro atoms. The van der Waals surface area contributed by atoms with E-state index in [9.17, 15) is 9.18 Å². The number of methoxy groups -OCH3 is 1. The summed E-state index contributed by atoms with van der Waals surface area (Å²) in [6, 6.07) is 1.80. The van der Waals surface area contributed by atoms with E-state index in [0.29, 0.717) is 27.7 Å². The molecular weight excluding hydrogens is 359 g/mol. The molecule has 138 valence electrons. The molecule has 0 aliphatic rings. The van der Waals surface area contributed by atoms with E-state index in [1.807, 2.05) is 6.20 Å². The molecule has 2 heterocycles. The zero-order valence-corrected chi connectivity index (χ0v) is 17.6. The van der Waals surface area contributed by atoms with Gasteiger partial charge in [0.05, 0.1) is 12.1 Å². The van der Waals surface area contributed by atoms with Crippen LogP contribution in [0.3, 0.4) is 0 Å². The van der Waals surface area contributed by atoms with Gasteiger partial charge in [-0.1, -0.05) is 53.1 Å². The smallest absolute Gasteiger partial charge is 0.359 e. The van der Waals surface area contributed by atoms with Gasteiger partial charge in [0.1, 0.15) is 5.65 Å². The summed E-state index contributed by atoms with van der Waals surface area (Å²) in [5.74, 6) is -1.65. The maximum atomic E-state index is 14.5. The number of carbonyl (C=O) groups excluding carboxylic acids is 1. The van der Waals surface area contributed by atoms with E-state index >= 15 is 0 Å². The number of hydrogen-bond acceptors (Lipinski definition) is 3. The van der Waals surface area contributed by atoms with Gasteiger partial charge in [0.15, 0.2) is 19.7 Å². The quantitative estimate of drug-likeness (QED) is 0.495. The van der Waals surface area contributed by atoms with Crippen LogP contribution in [0, 0.1) is 5.82 Å². The minimum Gasteiger partial charge on any atom is -0.464 e.